The average molecular weight is 484 g/mol. The van der Waals surface area contributed by atoms with Crippen LogP contribution in [-0.4, -0.2) is 65.2 Å². The van der Waals surface area contributed by atoms with Gasteiger partial charge < -0.3 is 14.5 Å². The summed E-state index contributed by atoms with van der Waals surface area (Å²) >= 11 is 0. The number of rotatable bonds is 4. The summed E-state index contributed by atoms with van der Waals surface area (Å²) in [5.41, 5.74) is 2.59. The maximum atomic E-state index is 13.2. The zero-order chi connectivity index (χ0) is 24.5. The quantitative estimate of drug-likeness (QED) is 0.666. The lowest BCUT2D eigenvalue weighted by Gasteiger charge is -2.35. The van der Waals surface area contributed by atoms with Gasteiger partial charge in [-0.25, -0.2) is 4.98 Å². The van der Waals surface area contributed by atoms with E-state index < -0.39 is 0 Å². The summed E-state index contributed by atoms with van der Waals surface area (Å²) in [7, 11) is 0. The van der Waals surface area contributed by atoms with E-state index in [1.807, 2.05) is 47.4 Å². The van der Waals surface area contributed by atoms with Gasteiger partial charge in [0, 0.05) is 37.3 Å². The van der Waals surface area contributed by atoms with Crippen LogP contribution in [0, 0.1) is 5.92 Å². The number of ether oxygens (including phenoxy) is 1. The van der Waals surface area contributed by atoms with E-state index >= 15 is 0 Å². The van der Waals surface area contributed by atoms with Crippen molar-refractivity contribution in [3.05, 3.63) is 77.8 Å². The largest absolute Gasteiger partial charge is 0.488 e. The van der Waals surface area contributed by atoms with Gasteiger partial charge in [-0.2, -0.15) is 0 Å². The number of carbonyl (C=O) groups is 2. The Bertz CT molecular complexity index is 1260. The van der Waals surface area contributed by atoms with E-state index in [9.17, 15) is 9.59 Å². The Morgan fingerprint density at radius 1 is 1.08 bits per heavy atom. The number of anilines is 1. The van der Waals surface area contributed by atoms with Crippen molar-refractivity contribution in [3.8, 4) is 5.75 Å². The van der Waals surface area contributed by atoms with Gasteiger partial charge in [0.25, 0.3) is 5.91 Å². The molecule has 8 nitrogen and oxygen atoms in total. The lowest BCUT2D eigenvalue weighted by atomic mass is 9.96. The molecule has 2 aromatic rings. The van der Waals surface area contributed by atoms with Crippen LogP contribution in [0.4, 0.5) is 5.82 Å². The molecule has 184 valence electrons. The third-order valence-corrected chi connectivity index (χ3v) is 7.17. The molecule has 0 bridgehead atoms. The van der Waals surface area contributed by atoms with Crippen LogP contribution in [0.1, 0.15) is 35.2 Å². The lowest BCUT2D eigenvalue weighted by molar-refractivity contribution is -0.129. The molecule has 0 radical (unpaired) electrons. The molecule has 1 aromatic carbocycles. The number of pyridine rings is 1. The third kappa shape index (κ3) is 4.27. The van der Waals surface area contributed by atoms with E-state index in [1.165, 1.54) is 6.42 Å². The first-order valence-corrected chi connectivity index (χ1v) is 12.7. The Kier molecular flexibility index (Phi) is 6.01. The molecule has 0 spiro atoms. The molecule has 8 heteroatoms. The molecule has 4 aliphatic heterocycles. The Labute approximate surface area is 210 Å². The van der Waals surface area contributed by atoms with Gasteiger partial charge in [0.2, 0.25) is 5.91 Å². The van der Waals surface area contributed by atoms with Crippen LogP contribution >= 0.6 is 0 Å². The predicted octanol–water partition coefficient (Wildman–Crippen LogP) is 3.42. The Morgan fingerprint density at radius 2 is 1.92 bits per heavy atom. The molecule has 4 aliphatic rings. The highest BCUT2D eigenvalue weighted by atomic mass is 16.5. The number of benzene rings is 1. The van der Waals surface area contributed by atoms with Crippen molar-refractivity contribution < 1.29 is 14.3 Å². The van der Waals surface area contributed by atoms with Crippen molar-refractivity contribution in [1.29, 1.82) is 0 Å². The van der Waals surface area contributed by atoms with E-state index in [1.54, 1.807) is 23.4 Å². The molecule has 1 atom stereocenters. The summed E-state index contributed by atoms with van der Waals surface area (Å²) in [6, 6.07) is 11.9. The van der Waals surface area contributed by atoms with E-state index in [2.05, 4.69) is 9.88 Å². The van der Waals surface area contributed by atoms with Crippen LogP contribution < -0.4 is 9.64 Å². The minimum absolute atomic E-state index is 0.0123. The molecule has 5 heterocycles. The van der Waals surface area contributed by atoms with Crippen LogP contribution in [-0.2, 0) is 11.2 Å². The second kappa shape index (κ2) is 9.60. The van der Waals surface area contributed by atoms with Gasteiger partial charge in [-0.05, 0) is 43.4 Å². The maximum absolute atomic E-state index is 13.2. The number of fused-ring (bicyclic) bond motifs is 2. The number of nitrogens with zero attached hydrogens (tertiary/aromatic N) is 5. The number of hydrogen-bond acceptors (Lipinski definition) is 6. The van der Waals surface area contributed by atoms with Crippen LogP contribution in [0.25, 0.3) is 0 Å². The summed E-state index contributed by atoms with van der Waals surface area (Å²) in [5, 5.41) is 0. The van der Waals surface area contributed by atoms with Crippen molar-refractivity contribution in [2.75, 3.05) is 37.7 Å². The summed E-state index contributed by atoms with van der Waals surface area (Å²) in [6.07, 6.45) is 11.2. The fourth-order valence-electron chi connectivity index (χ4n) is 5.23. The normalized spacial score (nSPS) is 21.3. The van der Waals surface area contributed by atoms with Crippen molar-refractivity contribution in [2.45, 2.75) is 25.7 Å². The number of aliphatic imine (C=N–C) groups is 1. The number of amides is 2. The minimum Gasteiger partial charge on any atom is -0.488 e. The Hall–Kier alpha value is -3.94. The van der Waals surface area contributed by atoms with Crippen molar-refractivity contribution in [3.63, 3.8) is 0 Å². The predicted molar refractivity (Wildman–Crippen MR) is 137 cm³/mol. The fourth-order valence-corrected chi connectivity index (χ4v) is 5.23. The average Bonchev–Trinajstić information content (AvgIpc) is 2.94. The molecule has 0 saturated carbocycles. The molecule has 36 heavy (non-hydrogen) atoms. The van der Waals surface area contributed by atoms with Crippen molar-refractivity contribution in [2.24, 2.45) is 10.9 Å². The fraction of sp³-hybridized carbons (Fsp3) is 0.357. The van der Waals surface area contributed by atoms with E-state index in [-0.39, 0.29) is 17.7 Å². The molecular weight excluding hydrogens is 454 g/mol. The van der Waals surface area contributed by atoms with Gasteiger partial charge in [0.15, 0.2) is 11.6 Å². The molecule has 0 N–H and O–H groups in total. The number of allylic oxidation sites excluding steroid dienone is 1. The molecule has 2 amide bonds. The molecule has 1 unspecified atom stereocenters. The van der Waals surface area contributed by atoms with Gasteiger partial charge in [-0.3, -0.25) is 19.5 Å². The number of piperidine rings is 1. The van der Waals surface area contributed by atoms with Gasteiger partial charge >= 0.3 is 0 Å². The summed E-state index contributed by atoms with van der Waals surface area (Å²) in [6.45, 7) is 3.16. The molecular formula is C28H29N5O3. The summed E-state index contributed by atoms with van der Waals surface area (Å²) in [4.78, 5) is 41.1. The molecule has 1 aromatic heterocycles. The van der Waals surface area contributed by atoms with Crippen LogP contribution in [0.3, 0.4) is 0 Å². The van der Waals surface area contributed by atoms with E-state index in [0.717, 1.165) is 37.2 Å². The van der Waals surface area contributed by atoms with Gasteiger partial charge in [-0.15, -0.1) is 0 Å². The van der Waals surface area contributed by atoms with Gasteiger partial charge in [0.1, 0.15) is 12.4 Å². The highest BCUT2D eigenvalue weighted by molar-refractivity contribution is 6.09. The first-order chi connectivity index (χ1) is 17.7. The second-order valence-electron chi connectivity index (χ2n) is 9.58. The SMILES string of the molecule is O=C(c1cnc2c(c1)OCCN2C1=CC2=NCC(Cc3ccccc3)C(=O)N2C=C1)N1CCCCC1. The molecule has 6 rings (SSSR count). The van der Waals surface area contributed by atoms with Crippen LogP contribution in [0.2, 0.25) is 0 Å². The summed E-state index contributed by atoms with van der Waals surface area (Å²) < 4.78 is 5.90. The third-order valence-electron chi connectivity index (χ3n) is 7.17. The maximum Gasteiger partial charge on any atom is 0.255 e. The van der Waals surface area contributed by atoms with Gasteiger partial charge in [0.05, 0.1) is 24.6 Å². The van der Waals surface area contributed by atoms with Crippen molar-refractivity contribution in [1.82, 2.24) is 14.8 Å². The number of hydrogen-bond donors (Lipinski definition) is 0. The summed E-state index contributed by atoms with van der Waals surface area (Å²) in [5.74, 6) is 1.83. The van der Waals surface area contributed by atoms with Gasteiger partial charge in [-0.1, -0.05) is 30.3 Å². The second-order valence-corrected chi connectivity index (χ2v) is 9.58. The van der Waals surface area contributed by atoms with Crippen molar-refractivity contribution >= 4 is 23.5 Å². The number of carbonyl (C=O) groups excluding carboxylic acids is 2. The first-order valence-electron chi connectivity index (χ1n) is 12.7. The lowest BCUT2D eigenvalue weighted by Crippen LogP contribution is -2.44. The highest BCUT2D eigenvalue weighted by Gasteiger charge is 2.33. The number of amidine groups is 1. The smallest absolute Gasteiger partial charge is 0.255 e. The van der Waals surface area contributed by atoms with Crippen LogP contribution in [0.5, 0.6) is 5.75 Å². The van der Waals surface area contributed by atoms with E-state index in [0.29, 0.717) is 49.1 Å². The standard InChI is InChI=1S/C28H29N5O3/c34-27(31-10-5-2-6-11-31)22-16-24-26(30-19-22)32(13-14-36-24)23-9-12-33-25(17-23)29-18-21(28(33)35)15-20-7-3-1-4-8-20/h1,3-4,7-9,12,16-17,19,21H,2,5-6,10-11,13-15,18H2. The Morgan fingerprint density at radius 3 is 2.75 bits per heavy atom. The zero-order valence-corrected chi connectivity index (χ0v) is 20.2. The Balaban J connectivity index is 1.21. The monoisotopic (exact) mass is 483 g/mol. The van der Waals surface area contributed by atoms with Crippen LogP contribution in [0.15, 0.2) is 71.6 Å². The number of aromatic nitrogens is 1. The molecule has 1 saturated heterocycles. The number of likely N-dealkylation sites (tertiary alicyclic amines) is 1. The molecule has 0 aliphatic carbocycles. The minimum atomic E-state index is -0.169. The van der Waals surface area contributed by atoms with E-state index in [4.69, 9.17) is 9.73 Å². The highest BCUT2D eigenvalue weighted by Crippen LogP contribution is 2.34. The zero-order valence-electron chi connectivity index (χ0n) is 20.2. The topological polar surface area (TPSA) is 78.3 Å². The first kappa shape index (κ1) is 22.5. The molecule has 1 fully saturated rings.